The smallest absolute Gasteiger partial charge is 0.133 e. The van der Waals surface area contributed by atoms with Gasteiger partial charge in [0.25, 0.3) is 0 Å². The highest BCUT2D eigenvalue weighted by Crippen LogP contribution is 2.28. The number of hydrogen-bond acceptors (Lipinski definition) is 0. The van der Waals surface area contributed by atoms with E-state index in [2.05, 4.69) is 22.5 Å². The SMILES string of the molecule is C=C(Br)c1c(F)cccc1Cl. The lowest BCUT2D eigenvalue weighted by Crippen LogP contribution is -1.84. The lowest BCUT2D eigenvalue weighted by Gasteiger charge is -2.01. The summed E-state index contributed by atoms with van der Waals surface area (Å²) in [5, 5.41) is 0.367. The Bertz CT molecular complexity index is 276. The lowest BCUT2D eigenvalue weighted by molar-refractivity contribution is 0.625. The van der Waals surface area contributed by atoms with Crippen molar-refractivity contribution in [2.75, 3.05) is 0 Å². The second kappa shape index (κ2) is 3.37. The molecule has 1 aromatic rings. The first-order valence-electron chi connectivity index (χ1n) is 2.91. The molecule has 0 saturated heterocycles. The first kappa shape index (κ1) is 8.75. The lowest BCUT2D eigenvalue weighted by atomic mass is 10.2. The summed E-state index contributed by atoms with van der Waals surface area (Å²) in [6, 6.07) is 4.51. The molecule has 0 atom stereocenters. The van der Waals surface area contributed by atoms with Crippen LogP contribution in [-0.4, -0.2) is 0 Å². The van der Waals surface area contributed by atoms with Gasteiger partial charge in [0.05, 0.1) is 5.02 Å². The average molecular weight is 235 g/mol. The van der Waals surface area contributed by atoms with E-state index in [-0.39, 0.29) is 5.82 Å². The zero-order valence-electron chi connectivity index (χ0n) is 5.57. The first-order chi connectivity index (χ1) is 5.13. The second-order valence-electron chi connectivity index (χ2n) is 2.00. The van der Waals surface area contributed by atoms with Crippen molar-refractivity contribution in [3.63, 3.8) is 0 Å². The Morgan fingerprint density at radius 2 is 2.18 bits per heavy atom. The minimum Gasteiger partial charge on any atom is -0.206 e. The van der Waals surface area contributed by atoms with Crippen LogP contribution in [0.2, 0.25) is 5.02 Å². The van der Waals surface area contributed by atoms with E-state index in [0.29, 0.717) is 15.1 Å². The number of hydrogen-bond donors (Lipinski definition) is 0. The van der Waals surface area contributed by atoms with Crippen molar-refractivity contribution in [3.8, 4) is 0 Å². The summed E-state index contributed by atoms with van der Waals surface area (Å²) in [5.74, 6) is -0.362. The van der Waals surface area contributed by atoms with Crippen LogP contribution in [0.25, 0.3) is 4.48 Å². The molecule has 0 amide bonds. The average Bonchev–Trinajstić information content (AvgIpc) is 1.85. The molecular formula is C8H5BrClF. The van der Waals surface area contributed by atoms with E-state index in [4.69, 9.17) is 11.6 Å². The van der Waals surface area contributed by atoms with Gasteiger partial charge in [-0.25, -0.2) is 4.39 Å². The highest BCUT2D eigenvalue weighted by molar-refractivity contribution is 9.15. The highest BCUT2D eigenvalue weighted by atomic mass is 79.9. The summed E-state index contributed by atoms with van der Waals surface area (Å²) in [6.07, 6.45) is 0. The van der Waals surface area contributed by atoms with Crippen LogP contribution in [0.4, 0.5) is 4.39 Å². The predicted molar refractivity (Wildman–Crippen MR) is 49.4 cm³/mol. The maximum absolute atomic E-state index is 12.9. The van der Waals surface area contributed by atoms with Crippen LogP contribution in [0.3, 0.4) is 0 Å². The van der Waals surface area contributed by atoms with Gasteiger partial charge in [-0.05, 0) is 12.1 Å². The van der Waals surface area contributed by atoms with Crippen LogP contribution in [0.15, 0.2) is 24.8 Å². The number of halogens is 3. The molecule has 0 fully saturated rings. The third-order valence-electron chi connectivity index (χ3n) is 1.23. The molecule has 0 aliphatic heterocycles. The molecule has 58 valence electrons. The molecule has 0 radical (unpaired) electrons. The Morgan fingerprint density at radius 3 is 2.55 bits per heavy atom. The number of rotatable bonds is 1. The van der Waals surface area contributed by atoms with Crippen LogP contribution in [0, 0.1) is 5.82 Å². The largest absolute Gasteiger partial charge is 0.206 e. The maximum atomic E-state index is 12.9. The predicted octanol–water partition coefficient (Wildman–Crippen LogP) is 3.84. The molecule has 1 rings (SSSR count). The van der Waals surface area contributed by atoms with E-state index >= 15 is 0 Å². The molecular weight excluding hydrogens is 230 g/mol. The van der Waals surface area contributed by atoms with Crippen LogP contribution in [0.1, 0.15) is 5.56 Å². The van der Waals surface area contributed by atoms with Crippen LogP contribution < -0.4 is 0 Å². The minimum absolute atomic E-state index is 0.328. The van der Waals surface area contributed by atoms with E-state index in [9.17, 15) is 4.39 Å². The second-order valence-corrected chi connectivity index (χ2v) is 3.37. The van der Waals surface area contributed by atoms with Crippen molar-refractivity contribution in [1.29, 1.82) is 0 Å². The van der Waals surface area contributed by atoms with Gasteiger partial charge < -0.3 is 0 Å². The molecule has 0 aromatic heterocycles. The van der Waals surface area contributed by atoms with Crippen molar-refractivity contribution < 1.29 is 4.39 Å². The Labute approximate surface area is 77.8 Å². The summed E-state index contributed by atoms with van der Waals surface area (Å²) in [5.41, 5.74) is 0.328. The molecule has 11 heavy (non-hydrogen) atoms. The summed E-state index contributed by atoms with van der Waals surface area (Å²) in [7, 11) is 0. The fourth-order valence-electron chi connectivity index (χ4n) is 0.757. The quantitative estimate of drug-likeness (QED) is 0.694. The third-order valence-corrected chi connectivity index (χ3v) is 1.95. The molecule has 0 unspecified atom stereocenters. The van der Waals surface area contributed by atoms with Crippen LogP contribution >= 0.6 is 27.5 Å². The van der Waals surface area contributed by atoms with E-state index in [1.807, 2.05) is 0 Å². The molecule has 0 aliphatic rings. The molecule has 0 saturated carbocycles. The van der Waals surface area contributed by atoms with Gasteiger partial charge in [-0.2, -0.15) is 0 Å². The molecule has 0 heterocycles. The van der Waals surface area contributed by atoms with Crippen molar-refractivity contribution in [3.05, 3.63) is 41.2 Å². The van der Waals surface area contributed by atoms with Gasteiger partial charge >= 0.3 is 0 Å². The summed E-state index contributed by atoms with van der Waals surface area (Å²) >= 11 is 8.76. The summed E-state index contributed by atoms with van der Waals surface area (Å²) in [4.78, 5) is 0. The van der Waals surface area contributed by atoms with Crippen molar-refractivity contribution in [1.82, 2.24) is 0 Å². The van der Waals surface area contributed by atoms with Gasteiger partial charge in [-0.15, -0.1) is 0 Å². The highest BCUT2D eigenvalue weighted by Gasteiger charge is 2.06. The van der Waals surface area contributed by atoms with Crippen LogP contribution in [-0.2, 0) is 0 Å². The van der Waals surface area contributed by atoms with Gasteiger partial charge in [0.15, 0.2) is 0 Å². The summed E-state index contributed by atoms with van der Waals surface area (Å²) < 4.78 is 13.4. The van der Waals surface area contributed by atoms with E-state index in [1.54, 1.807) is 12.1 Å². The zero-order valence-corrected chi connectivity index (χ0v) is 7.91. The molecule has 0 bridgehead atoms. The molecule has 0 spiro atoms. The Hall–Kier alpha value is -0.340. The van der Waals surface area contributed by atoms with Crippen molar-refractivity contribution >= 4 is 32.0 Å². The van der Waals surface area contributed by atoms with E-state index < -0.39 is 0 Å². The Balaban J connectivity index is 3.32. The van der Waals surface area contributed by atoms with E-state index in [1.165, 1.54) is 6.07 Å². The molecule has 0 N–H and O–H groups in total. The van der Waals surface area contributed by atoms with Crippen molar-refractivity contribution in [2.24, 2.45) is 0 Å². The van der Waals surface area contributed by atoms with Gasteiger partial charge in [-0.3, -0.25) is 0 Å². The first-order valence-corrected chi connectivity index (χ1v) is 4.09. The number of benzene rings is 1. The van der Waals surface area contributed by atoms with Gasteiger partial charge in [0.1, 0.15) is 5.82 Å². The standard InChI is InChI=1S/C8H5BrClF/c1-5(9)8-6(10)3-2-4-7(8)11/h2-4H,1H2. The van der Waals surface area contributed by atoms with E-state index in [0.717, 1.165) is 0 Å². The summed E-state index contributed by atoms with van der Waals surface area (Å²) in [6.45, 7) is 3.54. The topological polar surface area (TPSA) is 0 Å². The third kappa shape index (κ3) is 1.82. The molecule has 1 aromatic carbocycles. The Morgan fingerprint density at radius 1 is 1.55 bits per heavy atom. The fourth-order valence-corrected chi connectivity index (χ4v) is 1.55. The van der Waals surface area contributed by atoms with Gasteiger partial charge in [-0.1, -0.05) is 40.2 Å². The maximum Gasteiger partial charge on any atom is 0.133 e. The Kier molecular flexibility index (Phi) is 2.68. The van der Waals surface area contributed by atoms with Crippen LogP contribution in [0.5, 0.6) is 0 Å². The normalized spacial score (nSPS) is 9.73. The van der Waals surface area contributed by atoms with Gasteiger partial charge in [0, 0.05) is 10.0 Å². The molecule has 3 heteroatoms. The molecule has 0 aliphatic carbocycles. The fraction of sp³-hybridized carbons (Fsp3) is 0. The zero-order chi connectivity index (χ0) is 8.43. The molecule has 0 nitrogen and oxygen atoms in total. The monoisotopic (exact) mass is 234 g/mol. The van der Waals surface area contributed by atoms with Gasteiger partial charge in [0.2, 0.25) is 0 Å². The van der Waals surface area contributed by atoms with Crippen molar-refractivity contribution in [2.45, 2.75) is 0 Å². The minimum atomic E-state index is -0.362.